The third-order valence-electron chi connectivity index (χ3n) is 2.72. The highest BCUT2D eigenvalue weighted by molar-refractivity contribution is 5.35. The molecule has 1 aliphatic rings. The molecule has 0 aromatic heterocycles. The van der Waals surface area contributed by atoms with Gasteiger partial charge in [0, 0.05) is 12.0 Å². The molecule has 1 heterocycles. The zero-order valence-corrected chi connectivity index (χ0v) is 8.02. The molecule has 0 fully saturated rings. The monoisotopic (exact) mass is 193 g/mol. The van der Waals surface area contributed by atoms with E-state index in [1.165, 1.54) is 5.56 Å². The van der Waals surface area contributed by atoms with Gasteiger partial charge in [0.2, 0.25) is 0 Å². The predicted molar refractivity (Wildman–Crippen MR) is 54.2 cm³/mol. The summed E-state index contributed by atoms with van der Waals surface area (Å²) in [5, 5.41) is 8.95. The van der Waals surface area contributed by atoms with Crippen molar-refractivity contribution in [2.45, 2.75) is 12.5 Å². The SMILES string of the molecule is N[C@H](CO)C1COc2ccccc2C1. The maximum Gasteiger partial charge on any atom is 0.122 e. The number of hydrogen-bond acceptors (Lipinski definition) is 3. The number of aliphatic hydroxyl groups is 1. The van der Waals surface area contributed by atoms with Gasteiger partial charge in [-0.2, -0.15) is 0 Å². The van der Waals surface area contributed by atoms with Crippen LogP contribution in [0.5, 0.6) is 5.75 Å². The number of para-hydroxylation sites is 1. The van der Waals surface area contributed by atoms with Gasteiger partial charge in [-0.3, -0.25) is 0 Å². The normalized spacial score (nSPS) is 22.3. The molecule has 1 aromatic rings. The highest BCUT2D eigenvalue weighted by Gasteiger charge is 2.24. The lowest BCUT2D eigenvalue weighted by molar-refractivity contribution is 0.157. The lowest BCUT2D eigenvalue weighted by atomic mass is 9.91. The third-order valence-corrected chi connectivity index (χ3v) is 2.72. The van der Waals surface area contributed by atoms with Gasteiger partial charge in [0.25, 0.3) is 0 Å². The van der Waals surface area contributed by atoms with Crippen molar-refractivity contribution in [1.82, 2.24) is 0 Å². The Morgan fingerprint density at radius 2 is 2.29 bits per heavy atom. The number of hydrogen-bond donors (Lipinski definition) is 2. The first-order valence-corrected chi connectivity index (χ1v) is 4.88. The standard InChI is InChI=1S/C11H15NO2/c12-10(6-13)9-5-8-3-1-2-4-11(8)14-7-9/h1-4,9-10,13H,5-7,12H2/t9?,10-/m1/s1. The fourth-order valence-electron chi connectivity index (χ4n) is 1.78. The number of ether oxygens (including phenoxy) is 1. The van der Waals surface area contributed by atoms with Gasteiger partial charge >= 0.3 is 0 Å². The summed E-state index contributed by atoms with van der Waals surface area (Å²) in [6.45, 7) is 0.634. The first-order valence-electron chi connectivity index (χ1n) is 4.88. The summed E-state index contributed by atoms with van der Waals surface area (Å²) in [5.74, 6) is 1.18. The maximum absolute atomic E-state index is 8.95. The van der Waals surface area contributed by atoms with Crippen molar-refractivity contribution >= 4 is 0 Å². The summed E-state index contributed by atoms with van der Waals surface area (Å²) in [7, 11) is 0. The van der Waals surface area contributed by atoms with Crippen LogP contribution >= 0.6 is 0 Å². The molecule has 2 rings (SSSR count). The molecule has 3 nitrogen and oxygen atoms in total. The number of nitrogens with two attached hydrogens (primary N) is 1. The lowest BCUT2D eigenvalue weighted by Gasteiger charge is -2.28. The van der Waals surface area contributed by atoms with E-state index in [2.05, 4.69) is 0 Å². The molecule has 0 aliphatic carbocycles. The highest BCUT2D eigenvalue weighted by Crippen LogP contribution is 2.27. The first-order chi connectivity index (χ1) is 6.81. The zero-order chi connectivity index (χ0) is 9.97. The van der Waals surface area contributed by atoms with Crippen LogP contribution in [-0.2, 0) is 6.42 Å². The molecule has 0 amide bonds. The minimum atomic E-state index is -0.177. The molecule has 0 bridgehead atoms. The van der Waals surface area contributed by atoms with Crippen LogP contribution in [0.25, 0.3) is 0 Å². The van der Waals surface area contributed by atoms with Crippen LogP contribution in [0, 0.1) is 5.92 Å². The number of fused-ring (bicyclic) bond motifs is 1. The smallest absolute Gasteiger partial charge is 0.122 e. The summed E-state index contributed by atoms with van der Waals surface area (Å²) in [4.78, 5) is 0. The summed E-state index contributed by atoms with van der Waals surface area (Å²) < 4.78 is 5.57. The van der Waals surface area contributed by atoms with Crippen molar-refractivity contribution in [3.05, 3.63) is 29.8 Å². The quantitative estimate of drug-likeness (QED) is 0.721. The van der Waals surface area contributed by atoms with Crippen molar-refractivity contribution in [3.8, 4) is 5.75 Å². The van der Waals surface area contributed by atoms with Crippen molar-refractivity contribution in [1.29, 1.82) is 0 Å². The van der Waals surface area contributed by atoms with E-state index in [1.807, 2.05) is 24.3 Å². The molecule has 0 radical (unpaired) electrons. The Bertz CT molecular complexity index is 314. The minimum Gasteiger partial charge on any atom is -0.493 e. The van der Waals surface area contributed by atoms with Gasteiger partial charge in [0.15, 0.2) is 0 Å². The van der Waals surface area contributed by atoms with Gasteiger partial charge in [0.05, 0.1) is 13.2 Å². The van der Waals surface area contributed by atoms with E-state index in [-0.39, 0.29) is 18.6 Å². The molecular formula is C11H15NO2. The second-order valence-electron chi connectivity index (χ2n) is 3.73. The van der Waals surface area contributed by atoms with Crippen LogP contribution in [0.15, 0.2) is 24.3 Å². The Hall–Kier alpha value is -1.06. The first kappa shape index (κ1) is 9.49. The fraction of sp³-hybridized carbons (Fsp3) is 0.455. The zero-order valence-electron chi connectivity index (χ0n) is 8.02. The Morgan fingerprint density at radius 3 is 3.07 bits per heavy atom. The van der Waals surface area contributed by atoms with Crippen molar-refractivity contribution < 1.29 is 9.84 Å². The molecule has 0 saturated heterocycles. The van der Waals surface area contributed by atoms with Crippen LogP contribution in [-0.4, -0.2) is 24.4 Å². The Morgan fingerprint density at radius 1 is 1.50 bits per heavy atom. The molecule has 3 heteroatoms. The van der Waals surface area contributed by atoms with Gasteiger partial charge in [-0.1, -0.05) is 18.2 Å². The fourth-order valence-corrected chi connectivity index (χ4v) is 1.78. The number of rotatable bonds is 2. The van der Waals surface area contributed by atoms with Crippen molar-refractivity contribution in [3.63, 3.8) is 0 Å². The van der Waals surface area contributed by atoms with Crippen LogP contribution < -0.4 is 10.5 Å². The minimum absolute atomic E-state index is 0.0240. The molecule has 1 aromatic carbocycles. The predicted octanol–water partition coefficient (Wildman–Crippen LogP) is 0.557. The Balaban J connectivity index is 2.13. The molecule has 3 N–H and O–H groups in total. The summed E-state index contributed by atoms with van der Waals surface area (Å²) in [5.41, 5.74) is 6.96. The molecule has 0 saturated carbocycles. The Labute approximate surface area is 83.5 Å². The summed E-state index contributed by atoms with van der Waals surface area (Å²) >= 11 is 0. The second-order valence-corrected chi connectivity index (χ2v) is 3.73. The van der Waals surface area contributed by atoms with Crippen molar-refractivity contribution in [2.24, 2.45) is 11.7 Å². The molecule has 76 valence electrons. The summed E-state index contributed by atoms with van der Waals surface area (Å²) in [6.07, 6.45) is 0.901. The van der Waals surface area contributed by atoms with E-state index in [4.69, 9.17) is 15.6 Å². The summed E-state index contributed by atoms with van der Waals surface area (Å²) in [6, 6.07) is 7.80. The third kappa shape index (κ3) is 1.74. The molecule has 2 atom stereocenters. The van der Waals surface area contributed by atoms with Gasteiger partial charge in [-0.15, -0.1) is 0 Å². The molecule has 1 aliphatic heterocycles. The Kier molecular flexibility index (Phi) is 2.70. The van der Waals surface area contributed by atoms with Gasteiger partial charge in [0.1, 0.15) is 5.75 Å². The highest BCUT2D eigenvalue weighted by atomic mass is 16.5. The van der Waals surface area contributed by atoms with Crippen LogP contribution in [0.1, 0.15) is 5.56 Å². The van der Waals surface area contributed by atoms with E-state index in [1.54, 1.807) is 0 Å². The topological polar surface area (TPSA) is 55.5 Å². The molecular weight excluding hydrogens is 178 g/mol. The molecule has 1 unspecified atom stereocenters. The number of aliphatic hydroxyl groups excluding tert-OH is 1. The van der Waals surface area contributed by atoms with Crippen LogP contribution in [0.3, 0.4) is 0 Å². The molecule has 14 heavy (non-hydrogen) atoms. The van der Waals surface area contributed by atoms with E-state index >= 15 is 0 Å². The van der Waals surface area contributed by atoms with Crippen LogP contribution in [0.2, 0.25) is 0 Å². The average molecular weight is 193 g/mol. The largest absolute Gasteiger partial charge is 0.493 e. The van der Waals surface area contributed by atoms with Gasteiger partial charge in [-0.25, -0.2) is 0 Å². The number of benzene rings is 1. The van der Waals surface area contributed by atoms with Crippen molar-refractivity contribution in [2.75, 3.05) is 13.2 Å². The van der Waals surface area contributed by atoms with E-state index in [9.17, 15) is 0 Å². The van der Waals surface area contributed by atoms with Gasteiger partial charge < -0.3 is 15.6 Å². The van der Waals surface area contributed by atoms with Crippen LogP contribution in [0.4, 0.5) is 0 Å². The van der Waals surface area contributed by atoms with Gasteiger partial charge in [-0.05, 0) is 18.1 Å². The average Bonchev–Trinajstić information content (AvgIpc) is 2.27. The van der Waals surface area contributed by atoms with E-state index < -0.39 is 0 Å². The lowest BCUT2D eigenvalue weighted by Crippen LogP contribution is -2.40. The molecule has 0 spiro atoms. The second kappa shape index (κ2) is 3.98. The van der Waals surface area contributed by atoms with E-state index in [0.29, 0.717) is 6.61 Å². The maximum atomic E-state index is 8.95. The van der Waals surface area contributed by atoms with E-state index in [0.717, 1.165) is 12.2 Å².